The molecule has 2 aromatic carbocycles. The van der Waals surface area contributed by atoms with Crippen LogP contribution in [-0.4, -0.2) is 56.6 Å². The predicted molar refractivity (Wildman–Crippen MR) is 176 cm³/mol. The third-order valence-corrected chi connectivity index (χ3v) is 12.4. The molecule has 3 aliphatic heterocycles. The number of nitrogens with one attached hydrogen (secondary N) is 1. The van der Waals surface area contributed by atoms with E-state index in [-0.39, 0.29) is 29.4 Å². The zero-order chi connectivity index (χ0) is 31.6. The SMILES string of the molecule is C[C@H]1C/C=C/[C@H](O)[C@@H]2CC[C@H]2CN2CCCCc3cc(Cl)ccc3COc3ccc(cc32)C(=O)NS(=O)(=O)[C@H]1C[C@@H]1CCCO1. The predicted octanol–water partition coefficient (Wildman–Crippen LogP) is 6.04. The number of aliphatic hydroxyl groups is 1. The number of anilines is 1. The lowest BCUT2D eigenvalue weighted by Gasteiger charge is -2.42. The minimum Gasteiger partial charge on any atom is -0.487 e. The first-order valence-corrected chi connectivity index (χ1v) is 18.4. The van der Waals surface area contributed by atoms with Crippen molar-refractivity contribution >= 4 is 33.2 Å². The van der Waals surface area contributed by atoms with Crippen LogP contribution < -0.4 is 14.4 Å². The second kappa shape index (κ2) is 14.0. The van der Waals surface area contributed by atoms with Crippen LogP contribution in [0, 0.1) is 17.8 Å². The smallest absolute Gasteiger partial charge is 0.264 e. The Morgan fingerprint density at radius 1 is 1.07 bits per heavy atom. The number of carbonyl (C=O) groups is 1. The number of aryl methyl sites for hydroxylation is 1. The number of benzene rings is 2. The Balaban J connectivity index is 1.36. The van der Waals surface area contributed by atoms with E-state index in [1.807, 2.05) is 37.3 Å². The maximum absolute atomic E-state index is 13.8. The lowest BCUT2D eigenvalue weighted by atomic mass is 9.70. The summed E-state index contributed by atoms with van der Waals surface area (Å²) in [5, 5.41) is 11.1. The van der Waals surface area contributed by atoms with E-state index in [1.54, 1.807) is 18.2 Å². The van der Waals surface area contributed by atoms with Gasteiger partial charge in [0.1, 0.15) is 12.4 Å². The van der Waals surface area contributed by atoms with Crippen molar-refractivity contribution in [3.8, 4) is 5.75 Å². The van der Waals surface area contributed by atoms with E-state index in [1.165, 1.54) is 5.56 Å². The Bertz CT molecular complexity index is 1510. The highest BCUT2D eigenvalue weighted by Crippen LogP contribution is 2.41. The van der Waals surface area contributed by atoms with Crippen LogP contribution >= 0.6 is 11.6 Å². The average Bonchev–Trinajstić information content (AvgIpc) is 3.50. The van der Waals surface area contributed by atoms with Crippen molar-refractivity contribution in [3.63, 3.8) is 0 Å². The van der Waals surface area contributed by atoms with Gasteiger partial charge in [-0.15, -0.1) is 0 Å². The molecular formula is C35H45ClN2O6S. The van der Waals surface area contributed by atoms with E-state index in [4.69, 9.17) is 21.1 Å². The summed E-state index contributed by atoms with van der Waals surface area (Å²) in [5.74, 6) is 0.128. The van der Waals surface area contributed by atoms with E-state index < -0.39 is 27.3 Å². The molecule has 3 heterocycles. The molecule has 244 valence electrons. The zero-order valence-electron chi connectivity index (χ0n) is 26.0. The molecule has 2 N–H and O–H groups in total. The van der Waals surface area contributed by atoms with Crippen molar-refractivity contribution < 1.29 is 27.8 Å². The van der Waals surface area contributed by atoms with Crippen molar-refractivity contribution in [2.45, 2.75) is 88.8 Å². The molecule has 1 saturated heterocycles. The number of hydrogen-bond acceptors (Lipinski definition) is 7. The first-order valence-electron chi connectivity index (χ1n) is 16.5. The largest absolute Gasteiger partial charge is 0.487 e. The summed E-state index contributed by atoms with van der Waals surface area (Å²) in [6.07, 6.45) is 10.3. The maximum Gasteiger partial charge on any atom is 0.264 e. The van der Waals surface area contributed by atoms with Crippen LogP contribution in [0.2, 0.25) is 5.02 Å². The fourth-order valence-electron chi connectivity index (χ4n) is 7.38. The van der Waals surface area contributed by atoms with E-state index in [2.05, 4.69) is 9.62 Å². The molecule has 2 aromatic rings. The van der Waals surface area contributed by atoms with E-state index in [9.17, 15) is 18.3 Å². The highest BCUT2D eigenvalue weighted by atomic mass is 35.5. The Kier molecular flexibility index (Phi) is 10.1. The molecule has 0 aromatic heterocycles. The molecule has 6 atom stereocenters. The number of aliphatic hydroxyl groups excluding tert-OH is 1. The highest BCUT2D eigenvalue weighted by molar-refractivity contribution is 7.90. The average molecular weight is 657 g/mol. The van der Waals surface area contributed by atoms with E-state index >= 15 is 0 Å². The number of sulfonamides is 1. The molecule has 10 heteroatoms. The number of ether oxygens (including phenoxy) is 2. The van der Waals surface area contributed by atoms with Gasteiger partial charge in [-0.1, -0.05) is 36.7 Å². The summed E-state index contributed by atoms with van der Waals surface area (Å²) in [5.41, 5.74) is 3.28. The van der Waals surface area contributed by atoms with Crippen LogP contribution in [0.1, 0.15) is 79.8 Å². The van der Waals surface area contributed by atoms with Crippen LogP contribution in [0.4, 0.5) is 5.69 Å². The number of carbonyl (C=O) groups excluding carboxylic acids is 1. The Labute approximate surface area is 272 Å². The minimum atomic E-state index is -4.04. The Hall–Kier alpha value is -2.59. The molecular weight excluding hydrogens is 612 g/mol. The fourth-order valence-corrected chi connectivity index (χ4v) is 9.29. The number of fused-ring (bicyclic) bond motifs is 3. The first-order chi connectivity index (χ1) is 21.7. The standard InChI is InChI=1S/C35H45ClN2O6S/c1-23-6-4-9-32(39)30-14-11-26(30)21-38-16-3-2-7-24-18-28(36)13-10-27(24)22-44-33-15-12-25(19-31(33)38)35(40)37-45(41,42)34(23)20-29-8-5-17-43-29/h4,9-10,12-13,15,18-19,23,26,29-30,32,34,39H,2-3,5-8,11,14,16-17,20-22H2,1H3,(H,37,40)/b9-4+/t23-,26-,29-,30+,32-,34-/m0/s1. The van der Waals surface area contributed by atoms with Gasteiger partial charge >= 0.3 is 0 Å². The lowest BCUT2D eigenvalue weighted by molar-refractivity contribution is 0.0460. The molecule has 2 bridgehead atoms. The molecule has 4 aliphatic rings. The second-order valence-corrected chi connectivity index (χ2v) is 15.6. The molecule has 6 rings (SSSR count). The molecule has 45 heavy (non-hydrogen) atoms. The maximum atomic E-state index is 13.8. The summed E-state index contributed by atoms with van der Waals surface area (Å²) in [4.78, 5) is 15.9. The van der Waals surface area contributed by atoms with Crippen molar-refractivity contribution in [2.24, 2.45) is 17.8 Å². The zero-order valence-corrected chi connectivity index (χ0v) is 27.6. The normalized spacial score (nSPS) is 31.3. The monoisotopic (exact) mass is 656 g/mol. The third-order valence-electron chi connectivity index (χ3n) is 10.2. The summed E-state index contributed by atoms with van der Waals surface area (Å²) in [6, 6.07) is 11.1. The van der Waals surface area contributed by atoms with Gasteiger partial charge in [0.15, 0.2) is 0 Å². The van der Waals surface area contributed by atoms with Gasteiger partial charge in [-0.3, -0.25) is 4.79 Å². The number of allylic oxidation sites excluding steroid dienone is 1. The van der Waals surface area contributed by atoms with Crippen molar-refractivity contribution in [1.82, 2.24) is 4.72 Å². The van der Waals surface area contributed by atoms with Crippen LogP contribution in [0.5, 0.6) is 5.75 Å². The number of rotatable bonds is 2. The summed E-state index contributed by atoms with van der Waals surface area (Å²) < 4.78 is 42.3. The topological polar surface area (TPSA) is 105 Å². The minimum absolute atomic E-state index is 0.122. The lowest BCUT2D eigenvalue weighted by Crippen LogP contribution is -2.44. The summed E-state index contributed by atoms with van der Waals surface area (Å²) in [7, 11) is -4.04. The summed E-state index contributed by atoms with van der Waals surface area (Å²) >= 11 is 6.33. The molecule has 0 unspecified atom stereocenters. The van der Waals surface area contributed by atoms with Gasteiger partial charge in [-0.2, -0.15) is 0 Å². The van der Waals surface area contributed by atoms with Gasteiger partial charge in [-0.25, -0.2) is 13.1 Å². The van der Waals surface area contributed by atoms with E-state index in [0.717, 1.165) is 62.7 Å². The molecule has 1 saturated carbocycles. The van der Waals surface area contributed by atoms with Gasteiger partial charge in [0.2, 0.25) is 10.0 Å². The van der Waals surface area contributed by atoms with Crippen molar-refractivity contribution in [3.05, 3.63) is 70.3 Å². The Morgan fingerprint density at radius 2 is 1.93 bits per heavy atom. The molecule has 8 nitrogen and oxygen atoms in total. The van der Waals surface area contributed by atoms with Crippen LogP contribution in [0.25, 0.3) is 0 Å². The van der Waals surface area contributed by atoms with E-state index in [0.29, 0.717) is 43.4 Å². The van der Waals surface area contributed by atoms with Gasteiger partial charge < -0.3 is 19.5 Å². The molecule has 0 spiro atoms. The molecule has 2 fully saturated rings. The molecule has 0 radical (unpaired) electrons. The van der Waals surface area contributed by atoms with Gasteiger partial charge in [-0.05, 0) is 117 Å². The van der Waals surface area contributed by atoms with Crippen molar-refractivity contribution in [2.75, 3.05) is 24.6 Å². The van der Waals surface area contributed by atoms with Gasteiger partial charge in [0.25, 0.3) is 5.91 Å². The fraction of sp³-hybridized carbons (Fsp3) is 0.571. The summed E-state index contributed by atoms with van der Waals surface area (Å²) in [6.45, 7) is 4.33. The first kappa shape index (κ1) is 32.4. The van der Waals surface area contributed by atoms with Crippen LogP contribution in [0.15, 0.2) is 48.6 Å². The number of hydrogen-bond donors (Lipinski definition) is 2. The van der Waals surface area contributed by atoms with Gasteiger partial charge in [0.05, 0.1) is 23.1 Å². The Morgan fingerprint density at radius 3 is 2.71 bits per heavy atom. The molecule has 1 amide bonds. The molecule has 1 aliphatic carbocycles. The second-order valence-electron chi connectivity index (χ2n) is 13.3. The van der Waals surface area contributed by atoms with Crippen molar-refractivity contribution in [1.29, 1.82) is 0 Å². The van der Waals surface area contributed by atoms with Crippen LogP contribution in [0.3, 0.4) is 0 Å². The number of amides is 1. The third kappa shape index (κ3) is 7.53. The highest BCUT2D eigenvalue weighted by Gasteiger charge is 2.38. The quantitative estimate of drug-likeness (QED) is 0.380. The number of halogens is 1. The van der Waals surface area contributed by atoms with Gasteiger partial charge in [0, 0.05) is 30.3 Å². The number of nitrogens with zero attached hydrogens (tertiary/aromatic N) is 1. The van der Waals surface area contributed by atoms with Crippen LogP contribution in [-0.2, 0) is 27.8 Å².